The normalized spacial score (nSPS) is 11.5. The summed E-state index contributed by atoms with van der Waals surface area (Å²) in [5.74, 6) is -0.0241. The van der Waals surface area contributed by atoms with Crippen LogP contribution in [-0.2, 0) is 4.79 Å². The standard InChI is InChI=1S/C16H22O3/c1-6-7-19-14-8-10(2)16(13(5)12(14)4)11(3)9-15(17)18/h8-9H,6-7H2,1-5H3,(H,17,18)/b11-9+. The lowest BCUT2D eigenvalue weighted by atomic mass is 9.92. The predicted octanol–water partition coefficient (Wildman–Crippen LogP) is 3.89. The summed E-state index contributed by atoms with van der Waals surface area (Å²) in [6.45, 7) is 10.6. The van der Waals surface area contributed by atoms with Crippen LogP contribution in [0.3, 0.4) is 0 Å². The zero-order valence-corrected chi connectivity index (χ0v) is 12.3. The van der Waals surface area contributed by atoms with E-state index in [2.05, 4.69) is 6.92 Å². The van der Waals surface area contributed by atoms with Crippen LogP contribution in [0.25, 0.3) is 5.57 Å². The van der Waals surface area contributed by atoms with Crippen molar-refractivity contribution in [1.82, 2.24) is 0 Å². The van der Waals surface area contributed by atoms with Gasteiger partial charge in [-0.25, -0.2) is 4.79 Å². The number of hydrogen-bond donors (Lipinski definition) is 1. The summed E-state index contributed by atoms with van der Waals surface area (Å²) in [4.78, 5) is 10.8. The summed E-state index contributed by atoms with van der Waals surface area (Å²) in [5, 5.41) is 8.87. The average Bonchev–Trinajstić information content (AvgIpc) is 2.31. The molecule has 0 saturated heterocycles. The molecular formula is C16H22O3. The number of rotatable bonds is 5. The van der Waals surface area contributed by atoms with E-state index in [-0.39, 0.29) is 0 Å². The molecule has 0 aliphatic carbocycles. The molecule has 1 N–H and O–H groups in total. The molecule has 104 valence electrons. The van der Waals surface area contributed by atoms with E-state index in [1.165, 1.54) is 6.08 Å². The number of aryl methyl sites for hydroxylation is 1. The number of aliphatic carboxylic acids is 1. The molecule has 1 rings (SSSR count). The lowest BCUT2D eigenvalue weighted by Crippen LogP contribution is -2.02. The molecule has 0 heterocycles. The van der Waals surface area contributed by atoms with Crippen LogP contribution in [0.1, 0.15) is 42.5 Å². The monoisotopic (exact) mass is 262 g/mol. The third kappa shape index (κ3) is 3.60. The molecule has 19 heavy (non-hydrogen) atoms. The second-order valence-corrected chi connectivity index (χ2v) is 4.83. The Bertz CT molecular complexity index is 513. The largest absolute Gasteiger partial charge is 0.493 e. The van der Waals surface area contributed by atoms with Gasteiger partial charge < -0.3 is 9.84 Å². The van der Waals surface area contributed by atoms with Gasteiger partial charge in [0.1, 0.15) is 5.75 Å². The zero-order chi connectivity index (χ0) is 14.6. The molecular weight excluding hydrogens is 240 g/mol. The first-order valence-electron chi connectivity index (χ1n) is 6.53. The van der Waals surface area contributed by atoms with E-state index in [0.29, 0.717) is 6.61 Å². The summed E-state index contributed by atoms with van der Waals surface area (Å²) in [7, 11) is 0. The van der Waals surface area contributed by atoms with E-state index in [0.717, 1.165) is 40.0 Å². The van der Waals surface area contributed by atoms with Crippen molar-refractivity contribution in [2.75, 3.05) is 6.61 Å². The van der Waals surface area contributed by atoms with E-state index in [4.69, 9.17) is 9.84 Å². The molecule has 0 unspecified atom stereocenters. The minimum atomic E-state index is -0.916. The van der Waals surface area contributed by atoms with Gasteiger partial charge in [-0.3, -0.25) is 0 Å². The van der Waals surface area contributed by atoms with Gasteiger partial charge in [-0.15, -0.1) is 0 Å². The quantitative estimate of drug-likeness (QED) is 0.819. The highest BCUT2D eigenvalue weighted by Crippen LogP contribution is 2.31. The van der Waals surface area contributed by atoms with Crippen LogP contribution < -0.4 is 4.74 Å². The molecule has 0 spiro atoms. The molecule has 0 saturated carbocycles. The second kappa shape index (κ2) is 6.41. The number of benzene rings is 1. The van der Waals surface area contributed by atoms with Crippen molar-refractivity contribution in [3.63, 3.8) is 0 Å². The molecule has 0 bridgehead atoms. The molecule has 3 heteroatoms. The molecule has 0 fully saturated rings. The predicted molar refractivity (Wildman–Crippen MR) is 77.7 cm³/mol. The molecule has 0 amide bonds. The summed E-state index contributed by atoms with van der Waals surface area (Å²) in [5.41, 5.74) is 4.98. The van der Waals surface area contributed by atoms with E-state index >= 15 is 0 Å². The Kier molecular flexibility index (Phi) is 5.16. The van der Waals surface area contributed by atoms with Crippen molar-refractivity contribution in [3.05, 3.63) is 34.4 Å². The summed E-state index contributed by atoms with van der Waals surface area (Å²) < 4.78 is 5.73. The van der Waals surface area contributed by atoms with Gasteiger partial charge >= 0.3 is 5.97 Å². The highest BCUT2D eigenvalue weighted by atomic mass is 16.5. The average molecular weight is 262 g/mol. The number of hydrogen-bond acceptors (Lipinski definition) is 2. The molecule has 1 aromatic carbocycles. The van der Waals surface area contributed by atoms with Crippen molar-refractivity contribution in [3.8, 4) is 5.75 Å². The molecule has 0 aromatic heterocycles. The van der Waals surface area contributed by atoms with Gasteiger partial charge in [0.05, 0.1) is 6.61 Å². The van der Waals surface area contributed by atoms with Crippen LogP contribution >= 0.6 is 0 Å². The number of carboxylic acids is 1. The van der Waals surface area contributed by atoms with Crippen LogP contribution in [0.4, 0.5) is 0 Å². The van der Waals surface area contributed by atoms with Gasteiger partial charge in [-0.05, 0) is 68.0 Å². The topological polar surface area (TPSA) is 46.5 Å². The van der Waals surface area contributed by atoms with Crippen molar-refractivity contribution < 1.29 is 14.6 Å². The maximum atomic E-state index is 10.8. The number of allylic oxidation sites excluding steroid dienone is 1. The van der Waals surface area contributed by atoms with Crippen LogP contribution in [0.5, 0.6) is 5.75 Å². The van der Waals surface area contributed by atoms with Gasteiger partial charge in [-0.2, -0.15) is 0 Å². The SMILES string of the molecule is CCCOc1cc(C)c(/C(C)=C/C(=O)O)c(C)c1C. The molecule has 0 radical (unpaired) electrons. The fourth-order valence-corrected chi connectivity index (χ4v) is 2.27. The maximum Gasteiger partial charge on any atom is 0.328 e. The van der Waals surface area contributed by atoms with Crippen molar-refractivity contribution in [1.29, 1.82) is 0 Å². The van der Waals surface area contributed by atoms with Crippen LogP contribution in [0, 0.1) is 20.8 Å². The van der Waals surface area contributed by atoms with Crippen molar-refractivity contribution in [2.45, 2.75) is 41.0 Å². The minimum Gasteiger partial charge on any atom is -0.493 e. The first-order chi connectivity index (χ1) is 8.88. The zero-order valence-electron chi connectivity index (χ0n) is 12.3. The Balaban J connectivity index is 3.30. The third-order valence-electron chi connectivity index (χ3n) is 3.25. The fourth-order valence-electron chi connectivity index (χ4n) is 2.27. The molecule has 0 aliphatic rings. The third-order valence-corrected chi connectivity index (χ3v) is 3.25. The van der Waals surface area contributed by atoms with E-state index < -0.39 is 5.97 Å². The molecule has 1 aromatic rings. The summed E-state index contributed by atoms with van der Waals surface area (Å²) in [6, 6.07) is 1.99. The Labute approximate surface area is 114 Å². The molecule has 3 nitrogen and oxygen atoms in total. The lowest BCUT2D eigenvalue weighted by molar-refractivity contribution is -0.131. The number of carbonyl (C=O) groups is 1. The smallest absolute Gasteiger partial charge is 0.328 e. The van der Waals surface area contributed by atoms with E-state index in [1.54, 1.807) is 0 Å². The van der Waals surface area contributed by atoms with E-state index in [1.807, 2.05) is 33.8 Å². The maximum absolute atomic E-state index is 10.8. The number of ether oxygens (including phenoxy) is 1. The Morgan fingerprint density at radius 3 is 2.47 bits per heavy atom. The van der Waals surface area contributed by atoms with E-state index in [9.17, 15) is 4.79 Å². The second-order valence-electron chi connectivity index (χ2n) is 4.83. The lowest BCUT2D eigenvalue weighted by Gasteiger charge is -2.17. The van der Waals surface area contributed by atoms with Gasteiger partial charge in [-0.1, -0.05) is 6.92 Å². The van der Waals surface area contributed by atoms with Crippen molar-refractivity contribution in [2.24, 2.45) is 0 Å². The first-order valence-corrected chi connectivity index (χ1v) is 6.53. The number of carboxylic acid groups (broad SMARTS) is 1. The van der Waals surface area contributed by atoms with Gasteiger partial charge in [0, 0.05) is 6.08 Å². The van der Waals surface area contributed by atoms with Crippen molar-refractivity contribution >= 4 is 11.5 Å². The Morgan fingerprint density at radius 2 is 1.95 bits per heavy atom. The van der Waals surface area contributed by atoms with Crippen LogP contribution in [0.15, 0.2) is 12.1 Å². The molecule has 0 aliphatic heterocycles. The van der Waals surface area contributed by atoms with Crippen LogP contribution in [-0.4, -0.2) is 17.7 Å². The minimum absolute atomic E-state index is 0.697. The van der Waals surface area contributed by atoms with Gasteiger partial charge in [0.25, 0.3) is 0 Å². The first kappa shape index (κ1) is 15.3. The highest BCUT2D eigenvalue weighted by molar-refractivity contribution is 5.90. The van der Waals surface area contributed by atoms with Crippen LogP contribution in [0.2, 0.25) is 0 Å². The van der Waals surface area contributed by atoms with Gasteiger partial charge in [0.2, 0.25) is 0 Å². The summed E-state index contributed by atoms with van der Waals surface area (Å²) in [6.07, 6.45) is 2.22. The Morgan fingerprint density at radius 1 is 1.32 bits per heavy atom. The van der Waals surface area contributed by atoms with Gasteiger partial charge in [0.15, 0.2) is 0 Å². The molecule has 0 atom stereocenters. The Hall–Kier alpha value is -1.77. The highest BCUT2D eigenvalue weighted by Gasteiger charge is 2.13. The fraction of sp³-hybridized carbons (Fsp3) is 0.438. The summed E-state index contributed by atoms with van der Waals surface area (Å²) >= 11 is 0.